The molecule has 1 N–H and O–H groups in total. The molecule has 5 heteroatoms. The third-order valence-electron chi connectivity index (χ3n) is 5.21. The van der Waals surface area contributed by atoms with Crippen molar-refractivity contribution >= 4 is 17.5 Å². The van der Waals surface area contributed by atoms with Crippen LogP contribution < -0.4 is 5.32 Å². The van der Waals surface area contributed by atoms with Gasteiger partial charge in [-0.2, -0.15) is 0 Å². The minimum Gasteiger partial charge on any atom is -0.342 e. The first kappa shape index (κ1) is 20.1. The number of anilines is 1. The Labute approximate surface area is 165 Å². The van der Waals surface area contributed by atoms with E-state index in [0.29, 0.717) is 19.5 Å². The van der Waals surface area contributed by atoms with Gasteiger partial charge in [0.05, 0.1) is 5.92 Å². The molecular weight excluding hydrogens is 355 g/mol. The summed E-state index contributed by atoms with van der Waals surface area (Å²) in [7, 11) is 0. The van der Waals surface area contributed by atoms with Crippen molar-refractivity contribution in [3.05, 3.63) is 65.5 Å². The summed E-state index contributed by atoms with van der Waals surface area (Å²) in [6, 6.07) is 14.2. The lowest BCUT2D eigenvalue weighted by atomic mass is 10.1. The molecule has 0 radical (unpaired) electrons. The second kappa shape index (κ2) is 9.49. The molecule has 0 bridgehead atoms. The molecule has 28 heavy (non-hydrogen) atoms. The Morgan fingerprint density at radius 2 is 1.71 bits per heavy atom. The molecule has 1 saturated heterocycles. The van der Waals surface area contributed by atoms with Crippen molar-refractivity contribution in [1.82, 2.24) is 4.90 Å². The fourth-order valence-corrected chi connectivity index (χ4v) is 3.46. The first-order valence-corrected chi connectivity index (χ1v) is 9.97. The topological polar surface area (TPSA) is 49.4 Å². The quantitative estimate of drug-likeness (QED) is 0.744. The molecule has 1 heterocycles. The molecule has 3 rings (SSSR count). The normalized spacial score (nSPS) is 16.4. The highest BCUT2D eigenvalue weighted by Gasteiger charge is 2.34. The number of likely N-dealkylation sites (tertiary alicyclic amines) is 1. The maximum atomic E-state index is 13.0. The van der Waals surface area contributed by atoms with Crippen molar-refractivity contribution in [3.8, 4) is 0 Å². The van der Waals surface area contributed by atoms with Crippen LogP contribution in [-0.4, -0.2) is 29.8 Å². The number of aryl methyl sites for hydroxylation is 1. The molecular formula is C23H27FN2O2. The van der Waals surface area contributed by atoms with E-state index < -0.39 is 0 Å². The molecule has 2 aromatic rings. The van der Waals surface area contributed by atoms with E-state index in [9.17, 15) is 14.0 Å². The summed E-state index contributed by atoms with van der Waals surface area (Å²) in [5.41, 5.74) is 3.01. The van der Waals surface area contributed by atoms with Gasteiger partial charge < -0.3 is 10.2 Å². The van der Waals surface area contributed by atoms with Gasteiger partial charge in [0.25, 0.3) is 0 Å². The van der Waals surface area contributed by atoms with Crippen molar-refractivity contribution in [3.63, 3.8) is 0 Å². The third kappa shape index (κ3) is 5.41. The number of halogens is 1. The second-order valence-electron chi connectivity index (χ2n) is 7.41. The molecule has 0 unspecified atom stereocenters. The highest BCUT2D eigenvalue weighted by atomic mass is 19.1. The Hall–Kier alpha value is -2.69. The highest BCUT2D eigenvalue weighted by molar-refractivity contribution is 5.97. The van der Waals surface area contributed by atoms with Gasteiger partial charge in [-0.3, -0.25) is 9.59 Å². The molecule has 0 spiro atoms. The molecule has 0 aromatic heterocycles. The standard InChI is InChI=1S/C23H27FN2O2/c1-2-3-4-17-7-11-21(12-8-17)25-23(28)19-15-22(27)26(16-19)14-13-18-5-9-20(24)10-6-18/h5-12,19H,2-4,13-16H2,1H3,(H,25,28)/t19-/m0/s1. The van der Waals surface area contributed by atoms with E-state index in [2.05, 4.69) is 12.2 Å². The maximum absolute atomic E-state index is 13.0. The van der Waals surface area contributed by atoms with Crippen LogP contribution in [0.1, 0.15) is 37.3 Å². The first-order valence-electron chi connectivity index (χ1n) is 9.97. The minimum atomic E-state index is -0.333. The fraction of sp³-hybridized carbons (Fsp3) is 0.391. The van der Waals surface area contributed by atoms with Crippen molar-refractivity contribution in [2.45, 2.75) is 39.0 Å². The number of rotatable bonds is 8. The van der Waals surface area contributed by atoms with Gasteiger partial charge in [0.1, 0.15) is 5.82 Å². The van der Waals surface area contributed by atoms with E-state index in [-0.39, 0.29) is 30.0 Å². The van der Waals surface area contributed by atoms with Gasteiger partial charge in [0.15, 0.2) is 0 Å². The Morgan fingerprint density at radius 1 is 1.07 bits per heavy atom. The van der Waals surface area contributed by atoms with E-state index in [0.717, 1.165) is 30.5 Å². The van der Waals surface area contributed by atoms with Crippen molar-refractivity contribution in [1.29, 1.82) is 0 Å². The van der Waals surface area contributed by atoms with E-state index >= 15 is 0 Å². The Bertz CT molecular complexity index is 802. The zero-order valence-electron chi connectivity index (χ0n) is 16.3. The number of benzene rings is 2. The Morgan fingerprint density at radius 3 is 2.39 bits per heavy atom. The van der Waals surface area contributed by atoms with Crippen LogP contribution in [0, 0.1) is 11.7 Å². The fourth-order valence-electron chi connectivity index (χ4n) is 3.46. The number of nitrogens with zero attached hydrogens (tertiary/aromatic N) is 1. The van der Waals surface area contributed by atoms with Crippen LogP contribution in [0.25, 0.3) is 0 Å². The van der Waals surface area contributed by atoms with Crippen LogP contribution in [0.3, 0.4) is 0 Å². The van der Waals surface area contributed by atoms with Crippen molar-refractivity contribution < 1.29 is 14.0 Å². The smallest absolute Gasteiger partial charge is 0.229 e. The molecule has 1 aliphatic rings. The molecule has 2 amide bonds. The molecule has 148 valence electrons. The highest BCUT2D eigenvalue weighted by Crippen LogP contribution is 2.21. The largest absolute Gasteiger partial charge is 0.342 e. The van der Waals surface area contributed by atoms with Crippen molar-refractivity contribution in [2.24, 2.45) is 5.92 Å². The lowest BCUT2D eigenvalue weighted by Gasteiger charge is -2.16. The number of unbranched alkanes of at least 4 members (excludes halogenated alkanes) is 1. The summed E-state index contributed by atoms with van der Waals surface area (Å²) in [5, 5.41) is 2.93. The number of nitrogens with one attached hydrogen (secondary N) is 1. The first-order chi connectivity index (χ1) is 13.5. The van der Waals surface area contributed by atoms with Crippen LogP contribution in [0.2, 0.25) is 0 Å². The third-order valence-corrected chi connectivity index (χ3v) is 5.21. The molecule has 1 fully saturated rings. The summed E-state index contributed by atoms with van der Waals surface area (Å²) in [5.74, 6) is -0.715. The van der Waals surface area contributed by atoms with Crippen LogP contribution in [0.15, 0.2) is 48.5 Å². The molecule has 0 aliphatic carbocycles. The summed E-state index contributed by atoms with van der Waals surface area (Å²) in [6.45, 7) is 3.14. The summed E-state index contributed by atoms with van der Waals surface area (Å²) >= 11 is 0. The van der Waals surface area contributed by atoms with Gasteiger partial charge in [-0.15, -0.1) is 0 Å². The molecule has 0 saturated carbocycles. The van der Waals surface area contributed by atoms with Gasteiger partial charge in [-0.05, 0) is 54.7 Å². The number of amides is 2. The lowest BCUT2D eigenvalue weighted by molar-refractivity contribution is -0.128. The minimum absolute atomic E-state index is 0.00262. The monoisotopic (exact) mass is 382 g/mol. The zero-order chi connectivity index (χ0) is 19.9. The van der Waals surface area contributed by atoms with Crippen LogP contribution in [0.5, 0.6) is 0 Å². The van der Waals surface area contributed by atoms with E-state index in [1.165, 1.54) is 17.7 Å². The van der Waals surface area contributed by atoms with Gasteiger partial charge in [0.2, 0.25) is 11.8 Å². The summed E-state index contributed by atoms with van der Waals surface area (Å²) < 4.78 is 13.0. The van der Waals surface area contributed by atoms with Crippen LogP contribution in [-0.2, 0) is 22.4 Å². The van der Waals surface area contributed by atoms with Gasteiger partial charge in [-0.25, -0.2) is 4.39 Å². The number of carbonyl (C=O) groups is 2. The van der Waals surface area contributed by atoms with Crippen LogP contribution in [0.4, 0.5) is 10.1 Å². The van der Waals surface area contributed by atoms with Gasteiger partial charge >= 0.3 is 0 Å². The second-order valence-corrected chi connectivity index (χ2v) is 7.41. The average Bonchev–Trinajstić information content (AvgIpc) is 3.08. The predicted molar refractivity (Wildman–Crippen MR) is 108 cm³/mol. The van der Waals surface area contributed by atoms with E-state index in [1.54, 1.807) is 17.0 Å². The zero-order valence-corrected chi connectivity index (χ0v) is 16.3. The summed E-state index contributed by atoms with van der Waals surface area (Å²) in [6.07, 6.45) is 4.25. The van der Waals surface area contributed by atoms with Crippen molar-refractivity contribution in [2.75, 3.05) is 18.4 Å². The predicted octanol–water partition coefficient (Wildman–Crippen LogP) is 4.20. The lowest BCUT2D eigenvalue weighted by Crippen LogP contribution is -2.30. The van der Waals surface area contributed by atoms with Gasteiger partial charge in [-0.1, -0.05) is 37.6 Å². The number of hydrogen-bond acceptors (Lipinski definition) is 2. The molecule has 4 nitrogen and oxygen atoms in total. The maximum Gasteiger partial charge on any atom is 0.229 e. The molecule has 2 aromatic carbocycles. The van der Waals surface area contributed by atoms with Crippen LogP contribution >= 0.6 is 0 Å². The number of hydrogen-bond donors (Lipinski definition) is 1. The molecule has 1 aliphatic heterocycles. The van der Waals surface area contributed by atoms with E-state index in [1.807, 2.05) is 24.3 Å². The van der Waals surface area contributed by atoms with Gasteiger partial charge in [0, 0.05) is 25.2 Å². The SMILES string of the molecule is CCCCc1ccc(NC(=O)[C@H]2CC(=O)N(CCc3ccc(F)cc3)C2)cc1. The summed E-state index contributed by atoms with van der Waals surface area (Å²) in [4.78, 5) is 26.5. The van der Waals surface area contributed by atoms with E-state index in [4.69, 9.17) is 0 Å². The average molecular weight is 382 g/mol. The number of carbonyl (C=O) groups excluding carboxylic acids is 2. The Kier molecular flexibility index (Phi) is 6.80. The Balaban J connectivity index is 1.49. The molecule has 1 atom stereocenters.